The maximum Gasteiger partial charge on any atom is 0.0540 e. The molecule has 1 saturated carbocycles. The number of hydrogen-bond acceptors (Lipinski definition) is 2. The monoisotopic (exact) mass is 275 g/mol. The van der Waals surface area contributed by atoms with Gasteiger partial charge in [0, 0.05) is 24.3 Å². The lowest BCUT2D eigenvalue weighted by molar-refractivity contribution is 0.263. The van der Waals surface area contributed by atoms with E-state index in [1.807, 2.05) is 0 Å². The standard InChI is InChI=1S/C17H29N3/c1-13-5-3-6-14(11-13)9-10-18-16-7-4-8-17-15(16)12-19-20(17)2/h12-14,16,18H,3-11H2,1-2H3. The van der Waals surface area contributed by atoms with Gasteiger partial charge >= 0.3 is 0 Å². The Kier molecular flexibility index (Phi) is 4.45. The molecule has 0 spiro atoms. The fourth-order valence-corrected chi connectivity index (χ4v) is 4.20. The van der Waals surface area contributed by atoms with Crippen molar-refractivity contribution in [2.45, 2.75) is 64.3 Å². The molecule has 1 aromatic heterocycles. The van der Waals surface area contributed by atoms with Crippen LogP contribution in [0.5, 0.6) is 0 Å². The topological polar surface area (TPSA) is 29.9 Å². The van der Waals surface area contributed by atoms with Gasteiger partial charge in [-0.05, 0) is 50.5 Å². The van der Waals surface area contributed by atoms with E-state index in [0.29, 0.717) is 6.04 Å². The van der Waals surface area contributed by atoms with E-state index in [2.05, 4.69) is 35.3 Å². The van der Waals surface area contributed by atoms with Crippen molar-refractivity contribution in [1.82, 2.24) is 15.1 Å². The van der Waals surface area contributed by atoms with Crippen molar-refractivity contribution in [1.29, 1.82) is 0 Å². The van der Waals surface area contributed by atoms with Crippen molar-refractivity contribution in [3.63, 3.8) is 0 Å². The number of nitrogens with one attached hydrogen (secondary N) is 1. The second-order valence-electron chi connectivity index (χ2n) is 7.00. The van der Waals surface area contributed by atoms with Crippen molar-refractivity contribution in [2.75, 3.05) is 6.54 Å². The van der Waals surface area contributed by atoms with Crippen LogP contribution < -0.4 is 5.32 Å². The van der Waals surface area contributed by atoms with E-state index in [0.717, 1.165) is 11.8 Å². The molecule has 1 aromatic rings. The molecule has 2 aliphatic rings. The Morgan fingerprint density at radius 1 is 1.30 bits per heavy atom. The number of aromatic nitrogens is 2. The van der Waals surface area contributed by atoms with Gasteiger partial charge < -0.3 is 5.32 Å². The van der Waals surface area contributed by atoms with Crippen LogP contribution >= 0.6 is 0 Å². The van der Waals surface area contributed by atoms with Gasteiger partial charge in [-0.2, -0.15) is 5.10 Å². The van der Waals surface area contributed by atoms with Crippen LogP contribution in [0.1, 0.15) is 69.2 Å². The van der Waals surface area contributed by atoms with Gasteiger partial charge in [-0.25, -0.2) is 0 Å². The van der Waals surface area contributed by atoms with Crippen LogP contribution in [0, 0.1) is 11.8 Å². The Balaban J connectivity index is 1.49. The lowest BCUT2D eigenvalue weighted by Crippen LogP contribution is -2.28. The van der Waals surface area contributed by atoms with E-state index in [1.54, 1.807) is 0 Å². The van der Waals surface area contributed by atoms with E-state index in [1.165, 1.54) is 69.2 Å². The normalized spacial score (nSPS) is 30.2. The number of nitrogens with zero attached hydrogens (tertiary/aromatic N) is 2. The maximum absolute atomic E-state index is 4.43. The van der Waals surface area contributed by atoms with Crippen molar-refractivity contribution in [3.8, 4) is 0 Å². The molecule has 20 heavy (non-hydrogen) atoms. The van der Waals surface area contributed by atoms with E-state index >= 15 is 0 Å². The smallest absolute Gasteiger partial charge is 0.0540 e. The average molecular weight is 275 g/mol. The average Bonchev–Trinajstić information content (AvgIpc) is 2.82. The molecular weight excluding hydrogens is 246 g/mol. The summed E-state index contributed by atoms with van der Waals surface area (Å²) >= 11 is 0. The summed E-state index contributed by atoms with van der Waals surface area (Å²) in [6, 6.07) is 0.550. The molecule has 3 unspecified atom stereocenters. The molecule has 3 rings (SSSR count). The molecule has 0 radical (unpaired) electrons. The molecule has 0 saturated heterocycles. The third-order valence-corrected chi connectivity index (χ3v) is 5.36. The van der Waals surface area contributed by atoms with E-state index < -0.39 is 0 Å². The molecule has 1 heterocycles. The van der Waals surface area contributed by atoms with Crippen LogP contribution in [0.3, 0.4) is 0 Å². The van der Waals surface area contributed by atoms with Crippen LogP contribution in [0.4, 0.5) is 0 Å². The minimum absolute atomic E-state index is 0.550. The molecule has 0 aromatic carbocycles. The second kappa shape index (κ2) is 6.30. The molecule has 3 atom stereocenters. The van der Waals surface area contributed by atoms with Gasteiger partial charge in [0.05, 0.1) is 6.20 Å². The largest absolute Gasteiger partial charge is 0.310 e. The van der Waals surface area contributed by atoms with Crippen molar-refractivity contribution in [3.05, 3.63) is 17.5 Å². The van der Waals surface area contributed by atoms with Gasteiger partial charge in [0.2, 0.25) is 0 Å². The van der Waals surface area contributed by atoms with Crippen LogP contribution in [0.15, 0.2) is 6.20 Å². The van der Waals surface area contributed by atoms with Gasteiger partial charge in [-0.15, -0.1) is 0 Å². The van der Waals surface area contributed by atoms with Crippen LogP contribution in [0.25, 0.3) is 0 Å². The maximum atomic E-state index is 4.43. The van der Waals surface area contributed by atoms with Crippen molar-refractivity contribution < 1.29 is 0 Å². The quantitative estimate of drug-likeness (QED) is 0.910. The summed E-state index contributed by atoms with van der Waals surface area (Å²) in [6.45, 7) is 3.60. The summed E-state index contributed by atoms with van der Waals surface area (Å²) in [5.41, 5.74) is 2.90. The summed E-state index contributed by atoms with van der Waals surface area (Å²) in [6.07, 6.45) is 13.0. The number of fused-ring (bicyclic) bond motifs is 1. The van der Waals surface area contributed by atoms with Gasteiger partial charge in [0.1, 0.15) is 0 Å². The first-order valence-corrected chi connectivity index (χ1v) is 8.48. The number of rotatable bonds is 4. The third kappa shape index (κ3) is 3.08. The van der Waals surface area contributed by atoms with Gasteiger partial charge in [0.15, 0.2) is 0 Å². The lowest BCUT2D eigenvalue weighted by Gasteiger charge is -2.28. The Hall–Kier alpha value is -0.830. The molecule has 1 N–H and O–H groups in total. The molecular formula is C17H29N3. The Labute approximate surface area is 123 Å². The molecule has 0 bridgehead atoms. The molecule has 1 fully saturated rings. The Morgan fingerprint density at radius 3 is 3.05 bits per heavy atom. The zero-order chi connectivity index (χ0) is 13.9. The molecule has 3 nitrogen and oxygen atoms in total. The predicted octanol–water partition coefficient (Wildman–Crippen LogP) is 3.60. The van der Waals surface area contributed by atoms with Gasteiger partial charge in [-0.3, -0.25) is 4.68 Å². The fraction of sp³-hybridized carbons (Fsp3) is 0.824. The molecule has 0 aliphatic heterocycles. The molecule has 0 amide bonds. The summed E-state index contributed by atoms with van der Waals surface area (Å²) < 4.78 is 2.06. The first-order valence-electron chi connectivity index (χ1n) is 8.48. The minimum atomic E-state index is 0.550. The van der Waals surface area contributed by atoms with Crippen LogP contribution in [-0.2, 0) is 13.5 Å². The summed E-state index contributed by atoms with van der Waals surface area (Å²) in [4.78, 5) is 0. The van der Waals surface area contributed by atoms with Gasteiger partial charge in [0.25, 0.3) is 0 Å². The van der Waals surface area contributed by atoms with Gasteiger partial charge in [-0.1, -0.05) is 26.2 Å². The fourth-order valence-electron chi connectivity index (χ4n) is 4.20. The van der Waals surface area contributed by atoms with Crippen molar-refractivity contribution >= 4 is 0 Å². The second-order valence-corrected chi connectivity index (χ2v) is 7.00. The zero-order valence-corrected chi connectivity index (χ0v) is 13.1. The highest BCUT2D eigenvalue weighted by molar-refractivity contribution is 5.24. The third-order valence-electron chi connectivity index (χ3n) is 5.36. The minimum Gasteiger partial charge on any atom is -0.310 e. The Bertz CT molecular complexity index is 437. The predicted molar refractivity (Wildman–Crippen MR) is 82.6 cm³/mol. The summed E-state index contributed by atoms with van der Waals surface area (Å²) in [7, 11) is 2.07. The summed E-state index contributed by atoms with van der Waals surface area (Å²) in [5.74, 6) is 1.91. The van der Waals surface area contributed by atoms with E-state index in [-0.39, 0.29) is 0 Å². The van der Waals surface area contributed by atoms with Crippen LogP contribution in [-0.4, -0.2) is 16.3 Å². The molecule has 2 aliphatic carbocycles. The lowest BCUT2D eigenvalue weighted by atomic mass is 9.81. The van der Waals surface area contributed by atoms with E-state index in [9.17, 15) is 0 Å². The highest BCUT2D eigenvalue weighted by Gasteiger charge is 2.23. The van der Waals surface area contributed by atoms with Crippen LogP contribution in [0.2, 0.25) is 0 Å². The van der Waals surface area contributed by atoms with Crippen molar-refractivity contribution in [2.24, 2.45) is 18.9 Å². The first kappa shape index (κ1) is 14.1. The zero-order valence-electron chi connectivity index (χ0n) is 13.1. The number of hydrogen-bond donors (Lipinski definition) is 1. The Morgan fingerprint density at radius 2 is 2.20 bits per heavy atom. The highest BCUT2D eigenvalue weighted by atomic mass is 15.3. The van der Waals surface area contributed by atoms with E-state index in [4.69, 9.17) is 0 Å². The molecule has 112 valence electrons. The number of aryl methyl sites for hydroxylation is 1. The molecule has 3 heteroatoms. The SMILES string of the molecule is CC1CCCC(CCNC2CCCc3c2cnn3C)C1. The summed E-state index contributed by atoms with van der Waals surface area (Å²) in [5, 5.41) is 8.23. The first-order chi connectivity index (χ1) is 9.74. The highest BCUT2D eigenvalue weighted by Crippen LogP contribution is 2.32.